The maximum absolute atomic E-state index is 12.6. The minimum absolute atomic E-state index is 0.0406. The van der Waals surface area contributed by atoms with Crippen LogP contribution < -0.4 is 10.2 Å². The van der Waals surface area contributed by atoms with E-state index in [1.807, 2.05) is 0 Å². The van der Waals surface area contributed by atoms with Crippen LogP contribution in [0, 0.1) is 13.8 Å². The zero-order valence-electron chi connectivity index (χ0n) is 12.3. The van der Waals surface area contributed by atoms with E-state index < -0.39 is 21.8 Å². The van der Waals surface area contributed by atoms with Gasteiger partial charge in [-0.2, -0.15) is 0 Å². The second-order valence-corrected chi connectivity index (χ2v) is 6.88. The molecule has 0 atom stereocenters. The van der Waals surface area contributed by atoms with Gasteiger partial charge in [0.1, 0.15) is 0 Å². The van der Waals surface area contributed by atoms with E-state index in [4.69, 9.17) is 0 Å². The second kappa shape index (κ2) is 5.85. The van der Waals surface area contributed by atoms with E-state index in [0.717, 1.165) is 12.1 Å². The normalized spacial score (nSPS) is 11.2. The molecule has 0 N–H and O–H groups in total. The molecular weight excluding hydrogens is 320 g/mol. The lowest BCUT2D eigenvalue weighted by Crippen LogP contribution is -2.24. The minimum atomic E-state index is -3.90. The van der Waals surface area contributed by atoms with Gasteiger partial charge < -0.3 is 19.8 Å². The summed E-state index contributed by atoms with van der Waals surface area (Å²) in [7, 11) is -3.90. The highest BCUT2D eigenvalue weighted by atomic mass is 32.2. The lowest BCUT2D eigenvalue weighted by atomic mass is 10.0. The summed E-state index contributed by atoms with van der Waals surface area (Å²) in [6.45, 7) is 3.00. The molecule has 2 aromatic carbocycles. The number of carboxylic acids is 2. The largest absolute Gasteiger partial charge is 0.545 e. The van der Waals surface area contributed by atoms with E-state index in [2.05, 4.69) is 0 Å². The molecule has 120 valence electrons. The summed E-state index contributed by atoms with van der Waals surface area (Å²) in [5.74, 6) is -2.79. The van der Waals surface area contributed by atoms with E-state index in [1.54, 1.807) is 0 Å². The summed E-state index contributed by atoms with van der Waals surface area (Å²) in [5, 5.41) is 21.7. The molecule has 0 aliphatic rings. The number of carbonyl (C=O) groups excluding carboxylic acids is 2. The van der Waals surface area contributed by atoms with Gasteiger partial charge in [-0.3, -0.25) is 0 Å². The van der Waals surface area contributed by atoms with Crippen molar-refractivity contribution in [2.75, 3.05) is 0 Å². The van der Waals surface area contributed by atoms with Crippen molar-refractivity contribution in [3.63, 3.8) is 0 Å². The van der Waals surface area contributed by atoms with Gasteiger partial charge in [0.25, 0.3) is 0 Å². The molecule has 0 spiro atoms. The predicted molar refractivity (Wildman–Crippen MR) is 76.5 cm³/mol. The number of carboxylic acid groups (broad SMARTS) is 2. The average Bonchev–Trinajstić information content (AvgIpc) is 2.49. The Morgan fingerprint density at radius 2 is 1.39 bits per heavy atom. The molecule has 7 heteroatoms. The number of benzene rings is 2. The van der Waals surface area contributed by atoms with Gasteiger partial charge in [0.2, 0.25) is 9.84 Å². The molecule has 0 bridgehead atoms. The van der Waals surface area contributed by atoms with Crippen LogP contribution in [0.2, 0.25) is 0 Å². The summed E-state index contributed by atoms with van der Waals surface area (Å²) < 4.78 is 25.3. The molecule has 6 nitrogen and oxygen atoms in total. The molecule has 0 amide bonds. The number of carbonyl (C=O) groups is 2. The molecule has 0 aliphatic heterocycles. The van der Waals surface area contributed by atoms with Crippen LogP contribution in [0.4, 0.5) is 0 Å². The highest BCUT2D eigenvalue weighted by Crippen LogP contribution is 2.27. The zero-order valence-corrected chi connectivity index (χ0v) is 13.1. The Hall–Kier alpha value is -2.67. The van der Waals surface area contributed by atoms with Crippen LogP contribution in [-0.2, 0) is 9.84 Å². The Morgan fingerprint density at radius 3 is 1.87 bits per heavy atom. The lowest BCUT2D eigenvalue weighted by Gasteiger charge is -2.14. The molecule has 0 radical (unpaired) electrons. The molecule has 2 aromatic rings. The first-order valence-electron chi connectivity index (χ1n) is 6.54. The standard InChI is InChI=1S/C16H14O6S/c1-9-10(2)14(8-7-13(9)16(19)20)23(21,22)12-5-3-11(4-6-12)15(17)18/h3-8H,1-2H3,(H,17,18)(H,19,20)/p-2. The number of rotatable bonds is 4. The Labute approximate surface area is 132 Å². The Bertz CT molecular complexity index is 895. The number of sulfone groups is 1. The highest BCUT2D eigenvalue weighted by molar-refractivity contribution is 7.91. The van der Waals surface area contributed by atoms with E-state index in [0.29, 0.717) is 11.1 Å². The fourth-order valence-corrected chi connectivity index (χ4v) is 3.76. The maximum Gasteiger partial charge on any atom is 0.206 e. The van der Waals surface area contributed by atoms with Crippen LogP contribution >= 0.6 is 0 Å². The number of hydrogen-bond donors (Lipinski definition) is 0. The molecule has 0 aliphatic carbocycles. The van der Waals surface area contributed by atoms with Crippen LogP contribution in [-0.4, -0.2) is 20.4 Å². The van der Waals surface area contributed by atoms with Gasteiger partial charge in [0, 0.05) is 5.56 Å². The maximum atomic E-state index is 12.6. The third kappa shape index (κ3) is 2.95. The van der Waals surface area contributed by atoms with Crippen molar-refractivity contribution in [2.24, 2.45) is 0 Å². The highest BCUT2D eigenvalue weighted by Gasteiger charge is 2.21. The third-order valence-corrected chi connectivity index (χ3v) is 5.56. The lowest BCUT2D eigenvalue weighted by molar-refractivity contribution is -0.256. The van der Waals surface area contributed by atoms with Gasteiger partial charge in [0.15, 0.2) is 0 Å². The van der Waals surface area contributed by atoms with Gasteiger partial charge in [0.05, 0.1) is 21.7 Å². The van der Waals surface area contributed by atoms with Crippen molar-refractivity contribution < 1.29 is 28.2 Å². The fourth-order valence-electron chi connectivity index (χ4n) is 2.21. The van der Waals surface area contributed by atoms with Crippen molar-refractivity contribution in [1.29, 1.82) is 0 Å². The fraction of sp³-hybridized carbons (Fsp3) is 0.125. The van der Waals surface area contributed by atoms with Crippen LogP contribution in [0.15, 0.2) is 46.2 Å². The van der Waals surface area contributed by atoms with Crippen LogP contribution in [0.3, 0.4) is 0 Å². The number of aromatic carboxylic acids is 2. The van der Waals surface area contributed by atoms with E-state index in [9.17, 15) is 28.2 Å². The van der Waals surface area contributed by atoms with E-state index in [-0.39, 0.29) is 20.9 Å². The van der Waals surface area contributed by atoms with Gasteiger partial charge in [-0.05, 0) is 48.7 Å². The van der Waals surface area contributed by atoms with Gasteiger partial charge in [-0.15, -0.1) is 0 Å². The molecule has 23 heavy (non-hydrogen) atoms. The Morgan fingerprint density at radius 1 is 0.826 bits per heavy atom. The summed E-state index contributed by atoms with van der Waals surface area (Å²) >= 11 is 0. The minimum Gasteiger partial charge on any atom is -0.545 e. The van der Waals surface area contributed by atoms with Crippen LogP contribution in [0.1, 0.15) is 31.8 Å². The first-order chi connectivity index (χ1) is 10.7. The second-order valence-electron chi connectivity index (χ2n) is 4.96. The monoisotopic (exact) mass is 332 g/mol. The molecule has 0 fully saturated rings. The zero-order chi connectivity index (χ0) is 17.4. The average molecular weight is 332 g/mol. The Balaban J connectivity index is 2.58. The van der Waals surface area contributed by atoms with E-state index >= 15 is 0 Å². The van der Waals surface area contributed by atoms with E-state index in [1.165, 1.54) is 38.1 Å². The van der Waals surface area contributed by atoms with Gasteiger partial charge in [-0.25, -0.2) is 8.42 Å². The van der Waals surface area contributed by atoms with Crippen molar-refractivity contribution in [2.45, 2.75) is 23.6 Å². The molecule has 0 saturated heterocycles. The quantitative estimate of drug-likeness (QED) is 0.770. The van der Waals surface area contributed by atoms with Crippen molar-refractivity contribution in [1.82, 2.24) is 0 Å². The molecule has 2 rings (SSSR count). The summed E-state index contributed by atoms with van der Waals surface area (Å²) in [6, 6.07) is 7.00. The summed E-state index contributed by atoms with van der Waals surface area (Å²) in [4.78, 5) is 21.6. The van der Waals surface area contributed by atoms with Crippen LogP contribution in [0.5, 0.6) is 0 Å². The molecule has 0 saturated carbocycles. The van der Waals surface area contributed by atoms with Crippen molar-refractivity contribution >= 4 is 21.8 Å². The Kier molecular flexibility index (Phi) is 4.24. The summed E-state index contributed by atoms with van der Waals surface area (Å²) in [6.07, 6.45) is 0. The smallest absolute Gasteiger partial charge is 0.206 e. The summed E-state index contributed by atoms with van der Waals surface area (Å²) in [5.41, 5.74) is 0.394. The SMILES string of the molecule is Cc1c(C(=O)[O-])ccc(S(=O)(=O)c2ccc(C(=O)[O-])cc2)c1C. The first-order valence-corrected chi connectivity index (χ1v) is 8.02. The third-order valence-electron chi connectivity index (χ3n) is 3.65. The predicted octanol–water partition coefficient (Wildman–Crippen LogP) is -0.137. The topological polar surface area (TPSA) is 114 Å². The van der Waals surface area contributed by atoms with Gasteiger partial charge in [-0.1, -0.05) is 18.2 Å². The first kappa shape index (κ1) is 16.7. The molecule has 0 unspecified atom stereocenters. The molecular formula is C16H12O6S-2. The van der Waals surface area contributed by atoms with Crippen LogP contribution in [0.25, 0.3) is 0 Å². The van der Waals surface area contributed by atoms with Crippen molar-refractivity contribution in [3.8, 4) is 0 Å². The number of hydrogen-bond acceptors (Lipinski definition) is 6. The van der Waals surface area contributed by atoms with Crippen molar-refractivity contribution in [3.05, 3.63) is 58.7 Å². The van der Waals surface area contributed by atoms with Gasteiger partial charge >= 0.3 is 0 Å². The molecule has 0 aromatic heterocycles. The molecule has 0 heterocycles.